The standard InChI is InChI=1S/C17H28N4O/c1-2-22-15-11-14(17(15)8-4-3-5-9-17)20-13-7-6-10-21-16(13)18-12-19-21/h12-15,20H,2-11H2,1H3/t13-,14+,15-/m1/s1. The monoisotopic (exact) mass is 304 g/mol. The quantitative estimate of drug-likeness (QED) is 0.929. The highest BCUT2D eigenvalue weighted by molar-refractivity contribution is 5.11. The number of rotatable bonds is 4. The average Bonchev–Trinajstić information content (AvgIpc) is 3.04. The molecule has 0 aromatic carbocycles. The summed E-state index contributed by atoms with van der Waals surface area (Å²) in [5.74, 6) is 1.14. The molecule has 1 N–H and O–H groups in total. The van der Waals surface area contributed by atoms with Crippen LogP contribution in [-0.4, -0.2) is 33.5 Å². The molecule has 4 rings (SSSR count). The maximum atomic E-state index is 6.07. The average molecular weight is 304 g/mol. The minimum atomic E-state index is 0.377. The highest BCUT2D eigenvalue weighted by Gasteiger charge is 2.56. The molecule has 1 spiro atoms. The van der Waals surface area contributed by atoms with Crippen molar-refractivity contribution >= 4 is 0 Å². The van der Waals surface area contributed by atoms with Crippen molar-refractivity contribution in [3.8, 4) is 0 Å². The van der Waals surface area contributed by atoms with Gasteiger partial charge in [0.25, 0.3) is 0 Å². The van der Waals surface area contributed by atoms with Crippen LogP contribution in [0.3, 0.4) is 0 Å². The van der Waals surface area contributed by atoms with Gasteiger partial charge in [-0.25, -0.2) is 9.67 Å². The van der Waals surface area contributed by atoms with Gasteiger partial charge in [0.15, 0.2) is 0 Å². The maximum absolute atomic E-state index is 6.07. The zero-order valence-corrected chi connectivity index (χ0v) is 13.6. The van der Waals surface area contributed by atoms with Crippen LogP contribution in [0.2, 0.25) is 0 Å². The number of fused-ring (bicyclic) bond motifs is 1. The van der Waals surface area contributed by atoms with Gasteiger partial charge < -0.3 is 10.1 Å². The van der Waals surface area contributed by atoms with E-state index in [-0.39, 0.29) is 0 Å². The van der Waals surface area contributed by atoms with E-state index in [1.165, 1.54) is 51.4 Å². The summed E-state index contributed by atoms with van der Waals surface area (Å²) in [4.78, 5) is 4.50. The Bertz CT molecular complexity index is 509. The fraction of sp³-hybridized carbons (Fsp3) is 0.882. The molecule has 0 amide bonds. The number of hydrogen-bond donors (Lipinski definition) is 1. The van der Waals surface area contributed by atoms with Gasteiger partial charge >= 0.3 is 0 Å². The van der Waals surface area contributed by atoms with Gasteiger partial charge in [0, 0.05) is 24.6 Å². The molecule has 0 saturated heterocycles. The summed E-state index contributed by atoms with van der Waals surface area (Å²) in [5.41, 5.74) is 0.385. The number of aryl methyl sites for hydroxylation is 1. The van der Waals surface area contributed by atoms with Crippen molar-refractivity contribution in [3.63, 3.8) is 0 Å². The van der Waals surface area contributed by atoms with Crippen LogP contribution in [-0.2, 0) is 11.3 Å². The van der Waals surface area contributed by atoms with E-state index in [1.54, 1.807) is 6.33 Å². The van der Waals surface area contributed by atoms with Gasteiger partial charge in [0.2, 0.25) is 0 Å². The first-order valence-corrected chi connectivity index (χ1v) is 9.09. The summed E-state index contributed by atoms with van der Waals surface area (Å²) in [7, 11) is 0. The summed E-state index contributed by atoms with van der Waals surface area (Å²) in [6, 6.07) is 0.972. The van der Waals surface area contributed by atoms with E-state index < -0.39 is 0 Å². The number of nitrogens with zero attached hydrogens (tertiary/aromatic N) is 3. The number of hydrogen-bond acceptors (Lipinski definition) is 4. The first-order chi connectivity index (χ1) is 10.8. The second-order valence-electron chi connectivity index (χ2n) is 7.23. The predicted molar refractivity (Wildman–Crippen MR) is 84.5 cm³/mol. The Labute approximate surface area is 132 Å². The van der Waals surface area contributed by atoms with Crippen molar-refractivity contribution < 1.29 is 4.74 Å². The minimum Gasteiger partial charge on any atom is -0.378 e. The third-order valence-electron chi connectivity index (χ3n) is 6.16. The molecule has 3 atom stereocenters. The molecule has 2 saturated carbocycles. The molecule has 2 heterocycles. The Hall–Kier alpha value is -0.940. The SMILES string of the molecule is CCO[C@@H]1C[C@H](N[C@@H]2CCCn3ncnc32)C12CCCCC2. The number of ether oxygens (including phenoxy) is 1. The smallest absolute Gasteiger partial charge is 0.143 e. The Kier molecular flexibility index (Phi) is 3.95. The van der Waals surface area contributed by atoms with Gasteiger partial charge in [-0.15, -0.1) is 0 Å². The van der Waals surface area contributed by atoms with Crippen LogP contribution in [0.15, 0.2) is 6.33 Å². The highest BCUT2D eigenvalue weighted by Crippen LogP contribution is 2.54. The van der Waals surface area contributed by atoms with E-state index in [0.29, 0.717) is 23.6 Å². The molecule has 2 fully saturated rings. The first kappa shape index (κ1) is 14.6. The van der Waals surface area contributed by atoms with Crippen molar-refractivity contribution in [2.75, 3.05) is 6.61 Å². The number of aromatic nitrogens is 3. The molecule has 3 aliphatic rings. The normalized spacial score (nSPS) is 33.4. The lowest BCUT2D eigenvalue weighted by molar-refractivity contribution is -0.152. The molecule has 5 heteroatoms. The van der Waals surface area contributed by atoms with Gasteiger partial charge in [-0.3, -0.25) is 0 Å². The van der Waals surface area contributed by atoms with Crippen molar-refractivity contribution in [2.45, 2.75) is 83.0 Å². The summed E-state index contributed by atoms with van der Waals surface area (Å²) >= 11 is 0. The van der Waals surface area contributed by atoms with Gasteiger partial charge in [-0.05, 0) is 39.0 Å². The highest BCUT2D eigenvalue weighted by atomic mass is 16.5. The van der Waals surface area contributed by atoms with Crippen molar-refractivity contribution in [1.29, 1.82) is 0 Å². The maximum Gasteiger partial charge on any atom is 0.143 e. The molecule has 2 aliphatic carbocycles. The molecule has 1 aliphatic heterocycles. The lowest BCUT2D eigenvalue weighted by atomic mass is 9.55. The number of nitrogens with one attached hydrogen (secondary N) is 1. The molecule has 1 aromatic rings. The zero-order valence-electron chi connectivity index (χ0n) is 13.6. The topological polar surface area (TPSA) is 52.0 Å². The summed E-state index contributed by atoms with van der Waals surface area (Å²) < 4.78 is 8.15. The second-order valence-corrected chi connectivity index (χ2v) is 7.23. The van der Waals surface area contributed by atoms with Crippen LogP contribution < -0.4 is 5.32 Å². The molecular weight excluding hydrogens is 276 g/mol. The largest absolute Gasteiger partial charge is 0.378 e. The third kappa shape index (κ3) is 2.29. The van der Waals surface area contributed by atoms with E-state index in [2.05, 4.69) is 27.0 Å². The zero-order chi connectivity index (χ0) is 15.0. The van der Waals surface area contributed by atoms with E-state index in [4.69, 9.17) is 4.74 Å². The molecule has 0 bridgehead atoms. The van der Waals surface area contributed by atoms with Crippen molar-refractivity contribution in [3.05, 3.63) is 12.2 Å². The minimum absolute atomic E-state index is 0.377. The Morgan fingerprint density at radius 1 is 1.32 bits per heavy atom. The molecule has 0 radical (unpaired) electrons. The van der Waals surface area contributed by atoms with Crippen molar-refractivity contribution in [2.24, 2.45) is 5.41 Å². The van der Waals surface area contributed by atoms with E-state index >= 15 is 0 Å². The fourth-order valence-corrected chi connectivity index (χ4v) is 4.99. The van der Waals surface area contributed by atoms with Gasteiger partial charge in [0.1, 0.15) is 12.2 Å². The van der Waals surface area contributed by atoms with Crippen LogP contribution >= 0.6 is 0 Å². The van der Waals surface area contributed by atoms with Crippen LogP contribution in [0.4, 0.5) is 0 Å². The van der Waals surface area contributed by atoms with Crippen LogP contribution in [0.5, 0.6) is 0 Å². The summed E-state index contributed by atoms with van der Waals surface area (Å²) in [5, 5.41) is 8.29. The van der Waals surface area contributed by atoms with Gasteiger partial charge in [0.05, 0.1) is 12.1 Å². The first-order valence-electron chi connectivity index (χ1n) is 9.09. The Morgan fingerprint density at radius 3 is 3.00 bits per heavy atom. The molecule has 5 nitrogen and oxygen atoms in total. The lowest BCUT2D eigenvalue weighted by Gasteiger charge is -2.58. The summed E-state index contributed by atoms with van der Waals surface area (Å²) in [6.07, 6.45) is 12.5. The molecule has 22 heavy (non-hydrogen) atoms. The second kappa shape index (κ2) is 5.93. The third-order valence-corrected chi connectivity index (χ3v) is 6.16. The van der Waals surface area contributed by atoms with E-state index in [1.807, 2.05) is 0 Å². The van der Waals surface area contributed by atoms with Crippen LogP contribution in [0.1, 0.15) is 70.2 Å². The molecule has 0 unspecified atom stereocenters. The fourth-order valence-electron chi connectivity index (χ4n) is 4.99. The Balaban J connectivity index is 1.49. The molecule has 122 valence electrons. The summed E-state index contributed by atoms with van der Waals surface area (Å²) in [6.45, 7) is 3.99. The predicted octanol–water partition coefficient (Wildman–Crippen LogP) is 2.83. The lowest BCUT2D eigenvalue weighted by Crippen LogP contribution is -2.65. The molecule has 1 aromatic heterocycles. The van der Waals surface area contributed by atoms with Gasteiger partial charge in [-0.2, -0.15) is 5.10 Å². The van der Waals surface area contributed by atoms with Gasteiger partial charge in [-0.1, -0.05) is 19.3 Å². The van der Waals surface area contributed by atoms with Crippen LogP contribution in [0, 0.1) is 5.41 Å². The van der Waals surface area contributed by atoms with Crippen molar-refractivity contribution in [1.82, 2.24) is 20.1 Å². The van der Waals surface area contributed by atoms with Crippen LogP contribution in [0.25, 0.3) is 0 Å². The Morgan fingerprint density at radius 2 is 2.18 bits per heavy atom. The van der Waals surface area contributed by atoms with E-state index in [9.17, 15) is 0 Å². The molecular formula is C17H28N4O. The van der Waals surface area contributed by atoms with E-state index in [0.717, 1.165) is 19.0 Å².